The van der Waals surface area contributed by atoms with Crippen LogP contribution in [-0.2, 0) is 38.0 Å². The van der Waals surface area contributed by atoms with Gasteiger partial charge in [-0.15, -0.1) is 0 Å². The van der Waals surface area contributed by atoms with E-state index in [-0.39, 0.29) is 0 Å². The summed E-state index contributed by atoms with van der Waals surface area (Å²) in [5.74, 6) is -0.679. The van der Waals surface area contributed by atoms with Crippen LogP contribution in [0.25, 0.3) is 0 Å². The van der Waals surface area contributed by atoms with Gasteiger partial charge < -0.3 is 99.8 Å². The topological polar surface area (TPSA) is 336 Å². The number of aliphatic hydroxyl groups is 12. The molecule has 0 spiro atoms. The molecule has 4 saturated heterocycles. The van der Waals surface area contributed by atoms with E-state index < -0.39 is 148 Å². The third-order valence-electron chi connectivity index (χ3n) is 8.55. The number of hydrogen-bond donors (Lipinski definition) is 13. The van der Waals surface area contributed by atoms with Gasteiger partial charge in [0.05, 0.1) is 25.9 Å². The lowest BCUT2D eigenvalue weighted by Crippen LogP contribution is -2.68. The van der Waals surface area contributed by atoms with E-state index in [9.17, 15) is 66.1 Å². The first kappa shape index (κ1) is 38.5. The maximum absolute atomic E-state index is 11.8. The van der Waals surface area contributed by atoms with Crippen LogP contribution in [0.15, 0.2) is 0 Å². The number of amides is 1. The van der Waals surface area contributed by atoms with Gasteiger partial charge in [0, 0.05) is 6.92 Å². The van der Waals surface area contributed by atoms with Crippen molar-refractivity contribution in [2.45, 2.75) is 137 Å². The summed E-state index contributed by atoms with van der Waals surface area (Å²) >= 11 is 0. The second kappa shape index (κ2) is 16.2. The van der Waals surface area contributed by atoms with Crippen LogP contribution in [0, 0.1) is 0 Å². The molecule has 274 valence electrons. The van der Waals surface area contributed by atoms with Crippen LogP contribution in [0.3, 0.4) is 0 Å². The molecule has 0 aliphatic carbocycles. The molecule has 21 heteroatoms. The van der Waals surface area contributed by atoms with Crippen LogP contribution in [0.1, 0.15) is 13.8 Å². The molecule has 4 aliphatic heterocycles. The van der Waals surface area contributed by atoms with E-state index in [0.29, 0.717) is 0 Å². The van der Waals surface area contributed by atoms with Crippen molar-refractivity contribution in [3.63, 3.8) is 0 Å². The molecule has 4 rings (SSSR count). The molecule has 4 aliphatic rings. The summed E-state index contributed by atoms with van der Waals surface area (Å²) in [7, 11) is 0. The zero-order chi connectivity index (χ0) is 34.9. The van der Waals surface area contributed by atoms with E-state index in [0.717, 1.165) is 6.92 Å². The number of aliphatic hydroxyl groups excluding tert-OH is 12. The second-order valence-electron chi connectivity index (χ2n) is 11.9. The van der Waals surface area contributed by atoms with Gasteiger partial charge in [0.2, 0.25) is 5.91 Å². The summed E-state index contributed by atoms with van der Waals surface area (Å²) in [6.45, 7) is 0.242. The minimum absolute atomic E-state index is 0.673. The normalized spacial score (nSPS) is 51.0. The Morgan fingerprint density at radius 3 is 1.77 bits per heavy atom. The molecular formula is C26H45NO20. The molecule has 20 atom stereocenters. The Morgan fingerprint density at radius 1 is 0.596 bits per heavy atom. The number of carbonyl (C=O) groups excluding carboxylic acids is 1. The quantitative estimate of drug-likeness (QED) is 0.101. The van der Waals surface area contributed by atoms with Gasteiger partial charge in [-0.3, -0.25) is 4.79 Å². The van der Waals surface area contributed by atoms with E-state index in [1.165, 1.54) is 6.92 Å². The SMILES string of the molecule is CC(=O)N[C@H]1[C@H](O[C@@H]2[C@@H](O[C@H]3[C@H](O)[C@@H](CO[C@H]4O[C@H](CO)[C@@H](O)[C@H](O)[C@@H]4O)OC(O)[C@H]3O)O[C@H](C)[C@@H](O)[C@@H]2O)O[C@H](CO)[C@@H](O)[C@@H]1O. The van der Waals surface area contributed by atoms with E-state index in [1.807, 2.05) is 0 Å². The highest BCUT2D eigenvalue weighted by molar-refractivity contribution is 5.73. The molecule has 47 heavy (non-hydrogen) atoms. The zero-order valence-electron chi connectivity index (χ0n) is 25.3. The van der Waals surface area contributed by atoms with Crippen LogP contribution in [-0.4, -0.2) is 210 Å². The van der Waals surface area contributed by atoms with Gasteiger partial charge in [-0.25, -0.2) is 0 Å². The number of rotatable bonds is 10. The molecule has 0 radical (unpaired) electrons. The Hall–Kier alpha value is -1.29. The van der Waals surface area contributed by atoms with E-state index in [1.54, 1.807) is 0 Å². The Balaban J connectivity index is 1.52. The lowest BCUT2D eigenvalue weighted by molar-refractivity contribution is -0.380. The highest BCUT2D eigenvalue weighted by Gasteiger charge is 2.54. The fraction of sp³-hybridized carbons (Fsp3) is 0.962. The highest BCUT2D eigenvalue weighted by Crippen LogP contribution is 2.33. The largest absolute Gasteiger partial charge is 0.394 e. The average molecular weight is 692 g/mol. The third kappa shape index (κ3) is 8.20. The van der Waals surface area contributed by atoms with Crippen molar-refractivity contribution in [2.24, 2.45) is 0 Å². The van der Waals surface area contributed by atoms with Crippen molar-refractivity contribution in [3.8, 4) is 0 Å². The van der Waals surface area contributed by atoms with Gasteiger partial charge in [-0.05, 0) is 6.92 Å². The van der Waals surface area contributed by atoms with Crippen LogP contribution in [0.5, 0.6) is 0 Å². The predicted octanol–water partition coefficient (Wildman–Crippen LogP) is -8.58. The number of hydrogen-bond acceptors (Lipinski definition) is 20. The summed E-state index contributed by atoms with van der Waals surface area (Å²) < 4.78 is 38.7. The molecular weight excluding hydrogens is 646 g/mol. The summed E-state index contributed by atoms with van der Waals surface area (Å²) in [5.41, 5.74) is 0. The Morgan fingerprint density at radius 2 is 1.17 bits per heavy atom. The monoisotopic (exact) mass is 691 g/mol. The minimum atomic E-state index is -2.02. The molecule has 13 N–H and O–H groups in total. The smallest absolute Gasteiger partial charge is 0.217 e. The van der Waals surface area contributed by atoms with Crippen molar-refractivity contribution in [2.75, 3.05) is 19.8 Å². The van der Waals surface area contributed by atoms with Gasteiger partial charge in [-0.1, -0.05) is 0 Å². The Labute approximate surface area is 267 Å². The molecule has 4 heterocycles. The third-order valence-corrected chi connectivity index (χ3v) is 8.55. The van der Waals surface area contributed by atoms with Crippen LogP contribution >= 0.6 is 0 Å². The maximum atomic E-state index is 11.8. The second-order valence-corrected chi connectivity index (χ2v) is 11.9. The summed E-state index contributed by atoms with van der Waals surface area (Å²) in [6, 6.07) is -1.47. The molecule has 4 fully saturated rings. The standard InChI is InChI=1S/C26H45NO20/c1-6-12(31)18(37)22(47-24-11(27-7(2)30)16(35)13(32)8(3-28)44-24)26(42-6)46-21-15(34)10(43-23(40)20(21)39)5-41-25-19(38)17(36)14(33)9(4-29)45-25/h6,8-26,28-29,31-40H,3-5H2,1-2H3,(H,27,30)/t6-,8-,9-,10-,11-,12-,13-,14-,15-,16-,17+,18+,19+,20+,21+,22+,23?,24+,25+,26-/m1/s1. The first-order valence-corrected chi connectivity index (χ1v) is 14.9. The van der Waals surface area contributed by atoms with Crippen molar-refractivity contribution in [1.82, 2.24) is 5.32 Å². The molecule has 0 bridgehead atoms. The molecule has 0 aromatic heterocycles. The van der Waals surface area contributed by atoms with Crippen molar-refractivity contribution in [3.05, 3.63) is 0 Å². The molecule has 0 saturated carbocycles. The molecule has 1 unspecified atom stereocenters. The van der Waals surface area contributed by atoms with Crippen molar-refractivity contribution >= 4 is 5.91 Å². The van der Waals surface area contributed by atoms with E-state index >= 15 is 0 Å². The summed E-state index contributed by atoms with van der Waals surface area (Å²) in [4.78, 5) is 11.8. The van der Waals surface area contributed by atoms with Gasteiger partial charge >= 0.3 is 0 Å². The minimum Gasteiger partial charge on any atom is -0.394 e. The van der Waals surface area contributed by atoms with Crippen molar-refractivity contribution < 1.29 is 99.2 Å². The fourth-order valence-corrected chi connectivity index (χ4v) is 5.76. The summed E-state index contributed by atoms with van der Waals surface area (Å²) in [5, 5.41) is 126. The first-order valence-electron chi connectivity index (χ1n) is 14.9. The van der Waals surface area contributed by atoms with Crippen molar-refractivity contribution in [1.29, 1.82) is 0 Å². The van der Waals surface area contributed by atoms with Crippen LogP contribution < -0.4 is 5.32 Å². The lowest BCUT2D eigenvalue weighted by atomic mass is 9.95. The summed E-state index contributed by atoms with van der Waals surface area (Å²) in [6.07, 6.45) is -31.9. The average Bonchev–Trinajstić information content (AvgIpc) is 3.03. The Kier molecular flexibility index (Phi) is 13.2. The lowest BCUT2D eigenvalue weighted by Gasteiger charge is -2.48. The van der Waals surface area contributed by atoms with Gasteiger partial charge in [0.15, 0.2) is 25.2 Å². The number of carbonyl (C=O) groups is 1. The van der Waals surface area contributed by atoms with E-state index in [4.69, 9.17) is 33.2 Å². The molecule has 21 nitrogen and oxygen atoms in total. The number of nitrogens with one attached hydrogen (secondary N) is 1. The molecule has 0 aromatic carbocycles. The predicted molar refractivity (Wildman–Crippen MR) is 144 cm³/mol. The van der Waals surface area contributed by atoms with Gasteiger partial charge in [0.1, 0.15) is 91.5 Å². The molecule has 1 amide bonds. The van der Waals surface area contributed by atoms with Gasteiger partial charge in [0.25, 0.3) is 0 Å². The Bertz CT molecular complexity index is 1010. The molecule has 0 aromatic rings. The van der Waals surface area contributed by atoms with Crippen LogP contribution in [0.4, 0.5) is 0 Å². The van der Waals surface area contributed by atoms with E-state index in [2.05, 4.69) is 5.32 Å². The van der Waals surface area contributed by atoms with Crippen LogP contribution in [0.2, 0.25) is 0 Å². The fourth-order valence-electron chi connectivity index (χ4n) is 5.76. The zero-order valence-corrected chi connectivity index (χ0v) is 25.3. The number of ether oxygens (including phenoxy) is 7. The first-order chi connectivity index (χ1) is 22.1. The maximum Gasteiger partial charge on any atom is 0.217 e. The van der Waals surface area contributed by atoms with Gasteiger partial charge in [-0.2, -0.15) is 0 Å². The highest BCUT2D eigenvalue weighted by atomic mass is 16.8.